The SMILES string of the molecule is CC(C)CC(NC(=O)C(N)C(C)C)C(=O)NC(CO)C(=O)NC(Cc1cnc[nH]1)C(=O)O. The number of rotatable bonds is 13. The number of aliphatic carboxylic acids is 1. The fourth-order valence-electron chi connectivity index (χ4n) is 2.83. The Morgan fingerprint density at radius 2 is 1.56 bits per heavy atom. The Morgan fingerprint density at radius 3 is 2.03 bits per heavy atom. The number of nitrogens with one attached hydrogen (secondary N) is 4. The van der Waals surface area contributed by atoms with E-state index in [9.17, 15) is 29.4 Å². The molecule has 1 rings (SSSR count). The van der Waals surface area contributed by atoms with Crippen molar-refractivity contribution in [2.75, 3.05) is 6.61 Å². The minimum Gasteiger partial charge on any atom is -0.480 e. The summed E-state index contributed by atoms with van der Waals surface area (Å²) in [6.07, 6.45) is 3.02. The zero-order chi connectivity index (χ0) is 24.4. The molecule has 0 aliphatic rings. The highest BCUT2D eigenvalue weighted by Gasteiger charge is 2.31. The second-order valence-corrected chi connectivity index (χ2v) is 8.38. The van der Waals surface area contributed by atoms with Crippen molar-refractivity contribution in [3.05, 3.63) is 18.2 Å². The number of carboxylic acids is 1. The van der Waals surface area contributed by atoms with Gasteiger partial charge in [0.15, 0.2) is 0 Å². The molecule has 4 unspecified atom stereocenters. The molecule has 12 heteroatoms. The summed E-state index contributed by atoms with van der Waals surface area (Å²) in [5.41, 5.74) is 6.33. The summed E-state index contributed by atoms with van der Waals surface area (Å²) in [6, 6.07) is -4.50. The van der Waals surface area contributed by atoms with Crippen molar-refractivity contribution in [1.82, 2.24) is 25.9 Å². The van der Waals surface area contributed by atoms with E-state index in [1.165, 1.54) is 12.5 Å². The summed E-state index contributed by atoms with van der Waals surface area (Å²) < 4.78 is 0. The Morgan fingerprint density at radius 1 is 1.00 bits per heavy atom. The number of nitrogens with zero attached hydrogens (tertiary/aromatic N) is 1. The van der Waals surface area contributed by atoms with Crippen LogP contribution in [0.25, 0.3) is 0 Å². The highest BCUT2D eigenvalue weighted by molar-refractivity contribution is 5.94. The Balaban J connectivity index is 2.85. The van der Waals surface area contributed by atoms with E-state index in [1.807, 2.05) is 13.8 Å². The number of carbonyl (C=O) groups is 4. The first kappa shape index (κ1) is 27.0. The lowest BCUT2D eigenvalue weighted by atomic mass is 10.00. The largest absolute Gasteiger partial charge is 0.480 e. The maximum Gasteiger partial charge on any atom is 0.326 e. The number of nitrogens with two attached hydrogens (primary N) is 1. The molecule has 8 N–H and O–H groups in total. The van der Waals surface area contributed by atoms with Gasteiger partial charge in [-0.15, -0.1) is 0 Å². The van der Waals surface area contributed by atoms with Crippen LogP contribution in [-0.2, 0) is 25.6 Å². The first-order valence-corrected chi connectivity index (χ1v) is 10.4. The van der Waals surface area contributed by atoms with Gasteiger partial charge in [0.2, 0.25) is 17.7 Å². The maximum atomic E-state index is 12.8. The van der Waals surface area contributed by atoms with E-state index >= 15 is 0 Å². The van der Waals surface area contributed by atoms with Crippen LogP contribution in [0.4, 0.5) is 0 Å². The van der Waals surface area contributed by atoms with Gasteiger partial charge in [0, 0.05) is 18.3 Å². The van der Waals surface area contributed by atoms with Gasteiger partial charge in [-0.3, -0.25) is 14.4 Å². The molecular formula is C20H34N6O6. The lowest BCUT2D eigenvalue weighted by Gasteiger charge is -2.25. The zero-order valence-corrected chi connectivity index (χ0v) is 18.8. The van der Waals surface area contributed by atoms with Crippen LogP contribution in [0.1, 0.15) is 39.8 Å². The second-order valence-electron chi connectivity index (χ2n) is 8.38. The predicted molar refractivity (Wildman–Crippen MR) is 115 cm³/mol. The predicted octanol–water partition coefficient (Wildman–Crippen LogP) is -1.49. The van der Waals surface area contributed by atoms with E-state index in [2.05, 4.69) is 25.9 Å². The molecule has 1 aromatic rings. The highest BCUT2D eigenvalue weighted by Crippen LogP contribution is 2.08. The van der Waals surface area contributed by atoms with Crippen molar-refractivity contribution in [2.24, 2.45) is 17.6 Å². The van der Waals surface area contributed by atoms with E-state index in [0.29, 0.717) is 5.69 Å². The maximum absolute atomic E-state index is 12.8. The van der Waals surface area contributed by atoms with Gasteiger partial charge >= 0.3 is 5.97 Å². The van der Waals surface area contributed by atoms with Crippen LogP contribution in [-0.4, -0.2) is 74.6 Å². The third-order valence-corrected chi connectivity index (χ3v) is 4.77. The van der Waals surface area contributed by atoms with Crippen LogP contribution in [0.3, 0.4) is 0 Å². The number of aromatic amines is 1. The first-order chi connectivity index (χ1) is 15.0. The van der Waals surface area contributed by atoms with Crippen LogP contribution in [0.15, 0.2) is 12.5 Å². The van der Waals surface area contributed by atoms with Crippen LogP contribution in [0.2, 0.25) is 0 Å². The number of amides is 3. The quantitative estimate of drug-likeness (QED) is 0.187. The number of aliphatic hydroxyl groups excluding tert-OH is 1. The minimum atomic E-state index is -1.41. The van der Waals surface area contributed by atoms with Gasteiger partial charge < -0.3 is 36.9 Å². The number of carbonyl (C=O) groups excluding carboxylic acids is 3. The monoisotopic (exact) mass is 454 g/mol. The number of aromatic nitrogens is 2. The topological polar surface area (TPSA) is 200 Å². The Kier molecular flexibility index (Phi) is 10.8. The second kappa shape index (κ2) is 12.8. The summed E-state index contributed by atoms with van der Waals surface area (Å²) >= 11 is 0. The van der Waals surface area contributed by atoms with Crippen molar-refractivity contribution >= 4 is 23.7 Å². The normalized spacial score (nSPS) is 15.0. The fourth-order valence-corrected chi connectivity index (χ4v) is 2.83. The standard InChI is InChI=1S/C20H34N6O6/c1-10(2)5-13(24-19(30)16(21)11(3)4)17(28)26-15(8-27)18(29)25-14(20(31)32)6-12-7-22-9-23-12/h7,9-11,13-16,27H,5-6,8,21H2,1-4H3,(H,22,23)(H,24,30)(H,25,29)(H,26,28)(H,31,32). The molecule has 0 bridgehead atoms. The molecule has 12 nitrogen and oxygen atoms in total. The number of hydrogen-bond donors (Lipinski definition) is 7. The summed E-state index contributed by atoms with van der Waals surface area (Å²) in [5.74, 6) is -3.45. The van der Waals surface area contributed by atoms with Gasteiger partial charge in [-0.25, -0.2) is 9.78 Å². The lowest BCUT2D eigenvalue weighted by Crippen LogP contribution is -2.58. The molecule has 4 atom stereocenters. The number of hydrogen-bond acceptors (Lipinski definition) is 7. The number of carboxylic acid groups (broad SMARTS) is 1. The molecule has 0 saturated heterocycles. The molecule has 0 saturated carbocycles. The molecule has 0 fully saturated rings. The van der Waals surface area contributed by atoms with E-state index in [-0.39, 0.29) is 24.7 Å². The summed E-state index contributed by atoms with van der Waals surface area (Å²) in [5, 5.41) is 26.3. The summed E-state index contributed by atoms with van der Waals surface area (Å²) in [7, 11) is 0. The molecule has 1 heterocycles. The van der Waals surface area contributed by atoms with Crippen LogP contribution in [0.5, 0.6) is 0 Å². The van der Waals surface area contributed by atoms with E-state index in [4.69, 9.17) is 5.73 Å². The molecule has 180 valence electrons. The van der Waals surface area contributed by atoms with Gasteiger partial charge in [-0.05, 0) is 18.3 Å². The zero-order valence-electron chi connectivity index (χ0n) is 18.8. The number of imidazole rings is 1. The van der Waals surface area contributed by atoms with Gasteiger partial charge in [0.25, 0.3) is 0 Å². The Bertz CT molecular complexity index is 767. The number of aliphatic hydroxyl groups is 1. The van der Waals surface area contributed by atoms with Gasteiger partial charge in [0.1, 0.15) is 18.1 Å². The van der Waals surface area contributed by atoms with Crippen LogP contribution >= 0.6 is 0 Å². The third-order valence-electron chi connectivity index (χ3n) is 4.77. The van der Waals surface area contributed by atoms with E-state index < -0.39 is 54.5 Å². The summed E-state index contributed by atoms with van der Waals surface area (Å²) in [4.78, 5) is 55.7. The first-order valence-electron chi connectivity index (χ1n) is 10.4. The van der Waals surface area contributed by atoms with Crippen LogP contribution < -0.4 is 21.7 Å². The molecule has 0 radical (unpaired) electrons. The molecule has 32 heavy (non-hydrogen) atoms. The average molecular weight is 455 g/mol. The van der Waals surface area contributed by atoms with Crippen molar-refractivity contribution in [3.8, 4) is 0 Å². The molecular weight excluding hydrogens is 420 g/mol. The van der Waals surface area contributed by atoms with Gasteiger partial charge in [-0.2, -0.15) is 0 Å². The molecule has 0 aliphatic heterocycles. The Hall–Kier alpha value is -2.99. The number of H-pyrrole nitrogens is 1. The Labute approximate surface area is 186 Å². The molecule has 1 aromatic heterocycles. The van der Waals surface area contributed by atoms with Crippen molar-refractivity contribution in [1.29, 1.82) is 0 Å². The lowest BCUT2D eigenvalue weighted by molar-refractivity contribution is -0.142. The van der Waals surface area contributed by atoms with Crippen molar-refractivity contribution in [3.63, 3.8) is 0 Å². The van der Waals surface area contributed by atoms with Crippen molar-refractivity contribution < 1.29 is 29.4 Å². The van der Waals surface area contributed by atoms with Crippen LogP contribution in [0, 0.1) is 11.8 Å². The van der Waals surface area contributed by atoms with Crippen molar-refractivity contribution in [2.45, 2.75) is 64.7 Å². The van der Waals surface area contributed by atoms with Gasteiger partial charge in [-0.1, -0.05) is 27.7 Å². The molecule has 3 amide bonds. The van der Waals surface area contributed by atoms with E-state index in [1.54, 1.807) is 13.8 Å². The fraction of sp³-hybridized carbons (Fsp3) is 0.650. The highest BCUT2D eigenvalue weighted by atomic mass is 16.4. The molecule has 0 aromatic carbocycles. The average Bonchev–Trinajstić information content (AvgIpc) is 3.22. The smallest absolute Gasteiger partial charge is 0.326 e. The van der Waals surface area contributed by atoms with E-state index in [0.717, 1.165) is 0 Å². The summed E-state index contributed by atoms with van der Waals surface area (Å²) in [6.45, 7) is 6.50. The molecule has 0 aliphatic carbocycles. The third kappa shape index (κ3) is 8.63. The minimum absolute atomic E-state index is 0.0357. The van der Waals surface area contributed by atoms with Gasteiger partial charge in [0.05, 0.1) is 19.0 Å². The molecule has 0 spiro atoms.